The van der Waals surface area contributed by atoms with Crippen molar-refractivity contribution in [1.82, 2.24) is 0 Å². The Balaban J connectivity index is 3.26. The van der Waals surface area contributed by atoms with Crippen LogP contribution in [0.5, 0.6) is 0 Å². The van der Waals surface area contributed by atoms with Crippen LogP contribution in [0.15, 0.2) is 0 Å². The zero-order chi connectivity index (χ0) is 20.9. The third-order valence-electron chi connectivity index (χ3n) is 3.62. The maximum atomic E-state index is 13.8. The summed E-state index contributed by atoms with van der Waals surface area (Å²) in [7, 11) is -4.23. The number of carbonyl (C=O) groups is 2. The van der Waals surface area contributed by atoms with Crippen molar-refractivity contribution in [3.63, 3.8) is 0 Å². The van der Waals surface area contributed by atoms with Gasteiger partial charge in [0, 0.05) is 18.1 Å². The Morgan fingerprint density at radius 2 is 1.48 bits per heavy atom. The molecule has 0 saturated carbocycles. The summed E-state index contributed by atoms with van der Waals surface area (Å²) in [5.74, 6) is -15.6. The van der Waals surface area contributed by atoms with Gasteiger partial charge in [0.25, 0.3) is 0 Å². The summed E-state index contributed by atoms with van der Waals surface area (Å²) in [6, 6.07) is 0. The van der Waals surface area contributed by atoms with E-state index < -0.39 is 85.0 Å². The molecule has 2 unspecified atom stereocenters. The summed E-state index contributed by atoms with van der Waals surface area (Å²) in [6.07, 6.45) is -3.11. The van der Waals surface area contributed by atoms with E-state index in [0.717, 1.165) is 0 Å². The Morgan fingerprint density at radius 1 is 1.00 bits per heavy atom. The predicted molar refractivity (Wildman–Crippen MR) is 82.0 cm³/mol. The van der Waals surface area contributed by atoms with Crippen molar-refractivity contribution in [2.75, 3.05) is 12.8 Å². The van der Waals surface area contributed by atoms with Gasteiger partial charge in [0.2, 0.25) is 13.2 Å². The lowest BCUT2D eigenvalue weighted by atomic mass is 10.1. The van der Waals surface area contributed by atoms with Gasteiger partial charge in [-0.2, -0.15) is 0 Å². The fourth-order valence-electron chi connectivity index (χ4n) is 2.35. The molecule has 1 rings (SSSR count). The van der Waals surface area contributed by atoms with E-state index in [1.807, 2.05) is 0 Å². The van der Waals surface area contributed by atoms with Crippen LogP contribution >= 0.6 is 7.37 Å². The van der Waals surface area contributed by atoms with Crippen LogP contribution in [0, 0.1) is 35.0 Å². The van der Waals surface area contributed by atoms with Crippen LogP contribution in [0.2, 0.25) is 0 Å². The summed E-state index contributed by atoms with van der Waals surface area (Å²) in [5, 5.41) is 17.8. The highest BCUT2D eigenvalue weighted by molar-refractivity contribution is 7.58. The minimum Gasteiger partial charge on any atom is -0.481 e. The molecule has 2 atom stereocenters. The fraction of sp³-hybridized carbons (Fsp3) is 0.467. The van der Waals surface area contributed by atoms with Gasteiger partial charge in [-0.15, -0.1) is 0 Å². The second kappa shape index (κ2) is 9.27. The van der Waals surface area contributed by atoms with E-state index in [-0.39, 0.29) is 6.61 Å². The zero-order valence-electron chi connectivity index (χ0n) is 14.0. The number of benzene rings is 1. The third-order valence-corrected chi connectivity index (χ3v) is 6.14. The van der Waals surface area contributed by atoms with Crippen molar-refractivity contribution in [3.8, 4) is 0 Å². The van der Waals surface area contributed by atoms with E-state index in [9.17, 15) is 36.1 Å². The first kappa shape index (κ1) is 23.0. The molecule has 6 nitrogen and oxygen atoms in total. The van der Waals surface area contributed by atoms with Gasteiger partial charge in [-0.25, -0.2) is 22.0 Å². The molecule has 0 bridgehead atoms. The molecule has 1 aromatic rings. The van der Waals surface area contributed by atoms with Gasteiger partial charge in [0.05, 0.1) is 18.7 Å². The lowest BCUT2D eigenvalue weighted by Crippen LogP contribution is -2.21. The Kier molecular flexibility index (Phi) is 7.91. The van der Waals surface area contributed by atoms with Gasteiger partial charge in [-0.1, -0.05) is 0 Å². The standard InChI is InChI=1S/C15H16F5O6P/c1-2-26-27(25,5-7(15(23)24)3-4-9(21)22)6-8-10(16)12(18)14(20)13(19)11(8)17/h7H,2-6H2,1H3,(H,21,22)(H,23,24). The summed E-state index contributed by atoms with van der Waals surface area (Å²) in [6.45, 7) is 1.04. The molecule has 12 heteroatoms. The van der Waals surface area contributed by atoms with Crippen molar-refractivity contribution >= 4 is 19.3 Å². The van der Waals surface area contributed by atoms with Gasteiger partial charge in [0.1, 0.15) is 0 Å². The average Bonchev–Trinajstić information content (AvgIpc) is 2.59. The van der Waals surface area contributed by atoms with Crippen molar-refractivity contribution in [2.24, 2.45) is 5.92 Å². The van der Waals surface area contributed by atoms with E-state index in [4.69, 9.17) is 14.7 Å². The molecule has 2 N–H and O–H groups in total. The molecule has 0 fully saturated rings. The van der Waals surface area contributed by atoms with Crippen LogP contribution in [0.1, 0.15) is 25.3 Å². The van der Waals surface area contributed by atoms with Crippen LogP contribution in [0.3, 0.4) is 0 Å². The molecular weight excluding hydrogens is 402 g/mol. The van der Waals surface area contributed by atoms with E-state index in [2.05, 4.69) is 0 Å². The van der Waals surface area contributed by atoms with Gasteiger partial charge < -0.3 is 14.7 Å². The van der Waals surface area contributed by atoms with Crippen LogP contribution in [0.4, 0.5) is 22.0 Å². The van der Waals surface area contributed by atoms with E-state index in [1.54, 1.807) is 0 Å². The molecule has 0 heterocycles. The lowest BCUT2D eigenvalue weighted by molar-refractivity contribution is -0.142. The highest BCUT2D eigenvalue weighted by atomic mass is 31.2. The average molecular weight is 418 g/mol. The molecule has 0 radical (unpaired) electrons. The predicted octanol–water partition coefficient (Wildman–Crippen LogP) is 3.76. The Labute approximate surface area is 150 Å². The number of carboxylic acids is 2. The highest BCUT2D eigenvalue weighted by Gasteiger charge is 2.36. The van der Waals surface area contributed by atoms with Crippen molar-refractivity contribution in [2.45, 2.75) is 25.9 Å². The zero-order valence-corrected chi connectivity index (χ0v) is 14.9. The molecule has 0 aromatic heterocycles. The summed E-state index contributed by atoms with van der Waals surface area (Å²) < 4.78 is 85.2. The number of hydrogen-bond acceptors (Lipinski definition) is 4. The molecule has 0 aliphatic heterocycles. The normalized spacial score (nSPS) is 14.6. The van der Waals surface area contributed by atoms with E-state index >= 15 is 0 Å². The van der Waals surface area contributed by atoms with Crippen molar-refractivity contribution in [1.29, 1.82) is 0 Å². The third kappa shape index (κ3) is 5.74. The fourth-order valence-corrected chi connectivity index (χ4v) is 4.92. The van der Waals surface area contributed by atoms with Gasteiger partial charge in [-0.3, -0.25) is 14.2 Å². The smallest absolute Gasteiger partial charge is 0.307 e. The SMILES string of the molecule is CCOP(=O)(Cc1c(F)c(F)c(F)c(F)c1F)CC(CCC(=O)O)C(=O)O. The molecule has 1 aromatic carbocycles. The van der Waals surface area contributed by atoms with Crippen LogP contribution in [-0.2, 0) is 24.8 Å². The molecular formula is C15H16F5O6P. The van der Waals surface area contributed by atoms with Crippen molar-refractivity contribution < 1.29 is 50.8 Å². The number of halogens is 5. The second-order valence-corrected chi connectivity index (χ2v) is 8.16. The monoisotopic (exact) mass is 418 g/mol. The van der Waals surface area contributed by atoms with E-state index in [1.165, 1.54) is 6.92 Å². The minimum atomic E-state index is -4.23. The lowest BCUT2D eigenvalue weighted by Gasteiger charge is -2.22. The first-order valence-electron chi connectivity index (χ1n) is 7.61. The maximum Gasteiger partial charge on any atom is 0.307 e. The molecule has 0 aliphatic rings. The van der Waals surface area contributed by atoms with Crippen LogP contribution in [-0.4, -0.2) is 34.9 Å². The topological polar surface area (TPSA) is 101 Å². The van der Waals surface area contributed by atoms with E-state index in [0.29, 0.717) is 0 Å². The van der Waals surface area contributed by atoms with Gasteiger partial charge >= 0.3 is 11.9 Å². The van der Waals surface area contributed by atoms with Crippen LogP contribution in [0.25, 0.3) is 0 Å². The quantitative estimate of drug-likeness (QED) is 0.260. The van der Waals surface area contributed by atoms with Gasteiger partial charge in [-0.05, 0) is 13.3 Å². The Morgan fingerprint density at radius 3 is 1.89 bits per heavy atom. The summed E-state index contributed by atoms with van der Waals surface area (Å²) in [4.78, 5) is 21.8. The number of hydrogen-bond donors (Lipinski definition) is 2. The minimum absolute atomic E-state index is 0.294. The summed E-state index contributed by atoms with van der Waals surface area (Å²) in [5.41, 5.74) is -1.38. The number of rotatable bonds is 10. The first-order valence-corrected chi connectivity index (χ1v) is 9.60. The van der Waals surface area contributed by atoms with Crippen LogP contribution < -0.4 is 0 Å². The molecule has 0 spiro atoms. The molecule has 152 valence electrons. The molecule has 0 amide bonds. The Bertz CT molecular complexity index is 755. The second-order valence-electron chi connectivity index (χ2n) is 5.59. The van der Waals surface area contributed by atoms with Gasteiger partial charge in [0.15, 0.2) is 23.3 Å². The maximum absolute atomic E-state index is 13.8. The molecule has 0 aliphatic carbocycles. The summed E-state index contributed by atoms with van der Waals surface area (Å²) >= 11 is 0. The molecule has 27 heavy (non-hydrogen) atoms. The number of aliphatic carboxylic acids is 2. The highest BCUT2D eigenvalue weighted by Crippen LogP contribution is 2.53. The largest absolute Gasteiger partial charge is 0.481 e. The number of carboxylic acid groups (broad SMARTS) is 2. The van der Waals surface area contributed by atoms with Crippen molar-refractivity contribution in [3.05, 3.63) is 34.6 Å². The Hall–Kier alpha value is -2.00. The molecule has 0 saturated heterocycles. The first-order chi connectivity index (χ1) is 12.4.